The molecule has 1 aliphatic rings. The summed E-state index contributed by atoms with van der Waals surface area (Å²) >= 11 is 0. The van der Waals surface area contributed by atoms with Gasteiger partial charge in [-0.25, -0.2) is 9.18 Å². The lowest BCUT2D eigenvalue weighted by Gasteiger charge is -2.30. The molecule has 5 nitrogen and oxygen atoms in total. The van der Waals surface area contributed by atoms with Crippen molar-refractivity contribution in [3.8, 4) is 0 Å². The molecule has 1 saturated heterocycles. The molecule has 24 heavy (non-hydrogen) atoms. The van der Waals surface area contributed by atoms with Crippen LogP contribution >= 0.6 is 0 Å². The number of carbonyl (C=O) groups is 2. The van der Waals surface area contributed by atoms with E-state index in [1.807, 2.05) is 0 Å². The van der Waals surface area contributed by atoms with E-state index in [4.69, 9.17) is 4.74 Å². The second kappa shape index (κ2) is 7.20. The number of hydrogen-bond acceptors (Lipinski definition) is 3. The summed E-state index contributed by atoms with van der Waals surface area (Å²) in [6.07, 6.45) is 0.958. The molecule has 0 saturated carbocycles. The Morgan fingerprint density at radius 3 is 2.50 bits per heavy atom. The molecular formula is C18H25FN2O3. The maximum atomic E-state index is 13.0. The third-order valence-corrected chi connectivity index (χ3v) is 3.88. The number of likely N-dealkylation sites (tertiary alicyclic amines) is 1. The summed E-state index contributed by atoms with van der Waals surface area (Å²) in [7, 11) is 1.69. The molecule has 0 N–H and O–H groups in total. The normalized spacial score (nSPS) is 17.7. The van der Waals surface area contributed by atoms with Crippen molar-refractivity contribution in [1.29, 1.82) is 0 Å². The summed E-state index contributed by atoms with van der Waals surface area (Å²) in [5, 5.41) is 0. The lowest BCUT2D eigenvalue weighted by molar-refractivity contribution is -0.135. The van der Waals surface area contributed by atoms with E-state index in [2.05, 4.69) is 0 Å². The van der Waals surface area contributed by atoms with Crippen molar-refractivity contribution in [2.24, 2.45) is 0 Å². The maximum Gasteiger partial charge on any atom is 0.410 e. The summed E-state index contributed by atoms with van der Waals surface area (Å²) in [5.74, 6) is -0.428. The molecule has 132 valence electrons. The molecule has 0 radical (unpaired) electrons. The van der Waals surface area contributed by atoms with E-state index in [0.717, 1.165) is 12.0 Å². The zero-order chi connectivity index (χ0) is 17.9. The van der Waals surface area contributed by atoms with E-state index >= 15 is 0 Å². The van der Waals surface area contributed by atoms with E-state index in [0.29, 0.717) is 19.5 Å². The van der Waals surface area contributed by atoms with Gasteiger partial charge in [-0.2, -0.15) is 0 Å². The first-order valence-electron chi connectivity index (χ1n) is 8.16. The third-order valence-electron chi connectivity index (χ3n) is 3.88. The van der Waals surface area contributed by atoms with Crippen LogP contribution in [0.3, 0.4) is 0 Å². The Bertz CT molecular complexity index is 595. The summed E-state index contributed by atoms with van der Waals surface area (Å²) < 4.78 is 18.4. The van der Waals surface area contributed by atoms with Crippen LogP contribution in [0.5, 0.6) is 0 Å². The fourth-order valence-electron chi connectivity index (χ4n) is 2.76. The van der Waals surface area contributed by atoms with Crippen LogP contribution in [0.15, 0.2) is 24.3 Å². The smallest absolute Gasteiger partial charge is 0.410 e. The molecule has 0 unspecified atom stereocenters. The molecule has 1 aliphatic heterocycles. The predicted octanol–water partition coefficient (Wildman–Crippen LogP) is 3.18. The van der Waals surface area contributed by atoms with Crippen molar-refractivity contribution in [3.05, 3.63) is 35.6 Å². The van der Waals surface area contributed by atoms with Crippen LogP contribution in [-0.2, 0) is 16.1 Å². The highest BCUT2D eigenvalue weighted by Gasteiger charge is 2.37. The molecule has 1 aromatic rings. The highest BCUT2D eigenvalue weighted by molar-refractivity contribution is 5.86. The number of rotatable bonds is 3. The Labute approximate surface area is 142 Å². The molecule has 0 bridgehead atoms. The summed E-state index contributed by atoms with van der Waals surface area (Å²) in [6, 6.07) is 5.55. The molecule has 1 aromatic carbocycles. The molecule has 1 atom stereocenters. The number of ether oxygens (including phenoxy) is 1. The standard InChI is InChI=1S/C18H25FN2O3/c1-18(2,3)24-17(23)21-11-5-6-15(21)16(22)20(4)12-13-7-9-14(19)10-8-13/h7-10,15H,5-6,11-12H2,1-4H3/t15-/m0/s1. The minimum Gasteiger partial charge on any atom is -0.444 e. The summed E-state index contributed by atoms with van der Waals surface area (Å²) in [6.45, 7) is 6.31. The first kappa shape index (κ1) is 18.2. The first-order valence-corrected chi connectivity index (χ1v) is 8.16. The van der Waals surface area contributed by atoms with Gasteiger partial charge in [0.05, 0.1) is 0 Å². The van der Waals surface area contributed by atoms with Crippen LogP contribution in [0.1, 0.15) is 39.2 Å². The number of hydrogen-bond donors (Lipinski definition) is 0. The van der Waals surface area contributed by atoms with Gasteiger partial charge in [-0.1, -0.05) is 12.1 Å². The number of halogens is 1. The highest BCUT2D eigenvalue weighted by Crippen LogP contribution is 2.22. The number of likely N-dealkylation sites (N-methyl/N-ethyl adjacent to an activating group) is 1. The molecule has 0 aliphatic carbocycles. The van der Waals surface area contributed by atoms with Crippen molar-refractivity contribution >= 4 is 12.0 Å². The van der Waals surface area contributed by atoms with E-state index in [9.17, 15) is 14.0 Å². The fourth-order valence-corrected chi connectivity index (χ4v) is 2.76. The number of amides is 2. The van der Waals surface area contributed by atoms with E-state index in [1.165, 1.54) is 17.0 Å². The van der Waals surface area contributed by atoms with Gasteiger partial charge in [-0.15, -0.1) is 0 Å². The van der Waals surface area contributed by atoms with Crippen molar-refractivity contribution in [1.82, 2.24) is 9.80 Å². The predicted molar refractivity (Wildman–Crippen MR) is 88.8 cm³/mol. The number of benzene rings is 1. The van der Waals surface area contributed by atoms with Crippen LogP contribution in [0.2, 0.25) is 0 Å². The van der Waals surface area contributed by atoms with Gasteiger partial charge in [0.15, 0.2) is 0 Å². The zero-order valence-electron chi connectivity index (χ0n) is 14.7. The van der Waals surface area contributed by atoms with Crippen molar-refractivity contribution in [3.63, 3.8) is 0 Å². The third kappa shape index (κ3) is 4.69. The largest absolute Gasteiger partial charge is 0.444 e. The highest BCUT2D eigenvalue weighted by atomic mass is 19.1. The van der Waals surface area contributed by atoms with E-state index in [-0.39, 0.29) is 11.7 Å². The Morgan fingerprint density at radius 1 is 1.29 bits per heavy atom. The van der Waals surface area contributed by atoms with Gasteiger partial charge < -0.3 is 9.64 Å². The van der Waals surface area contributed by atoms with Crippen LogP contribution in [-0.4, -0.2) is 47.0 Å². The molecule has 0 aromatic heterocycles. The monoisotopic (exact) mass is 336 g/mol. The Balaban J connectivity index is 2.01. The van der Waals surface area contributed by atoms with Gasteiger partial charge >= 0.3 is 6.09 Å². The number of carbonyl (C=O) groups excluding carboxylic acids is 2. The second-order valence-corrected chi connectivity index (χ2v) is 7.15. The molecule has 2 amide bonds. The van der Waals surface area contributed by atoms with Gasteiger partial charge in [-0.05, 0) is 51.3 Å². The molecular weight excluding hydrogens is 311 g/mol. The van der Waals surface area contributed by atoms with Gasteiger partial charge in [0, 0.05) is 20.1 Å². The van der Waals surface area contributed by atoms with Crippen LogP contribution in [0, 0.1) is 5.82 Å². The average Bonchev–Trinajstić information content (AvgIpc) is 2.96. The SMILES string of the molecule is CN(Cc1ccc(F)cc1)C(=O)[C@@H]1CCCN1C(=O)OC(C)(C)C. The topological polar surface area (TPSA) is 49.9 Å². The Hall–Kier alpha value is -2.11. The van der Waals surface area contributed by atoms with Gasteiger partial charge in [0.1, 0.15) is 17.5 Å². The second-order valence-electron chi connectivity index (χ2n) is 7.15. The zero-order valence-corrected chi connectivity index (χ0v) is 14.7. The molecule has 2 rings (SSSR count). The van der Waals surface area contributed by atoms with Crippen molar-refractivity contribution in [2.45, 2.75) is 51.8 Å². The van der Waals surface area contributed by atoms with E-state index in [1.54, 1.807) is 44.9 Å². The molecule has 1 fully saturated rings. The van der Waals surface area contributed by atoms with E-state index < -0.39 is 17.7 Å². The average molecular weight is 336 g/mol. The van der Waals surface area contributed by atoms with Crippen molar-refractivity contribution in [2.75, 3.05) is 13.6 Å². The number of nitrogens with zero attached hydrogens (tertiary/aromatic N) is 2. The Kier molecular flexibility index (Phi) is 5.47. The summed E-state index contributed by atoms with van der Waals surface area (Å²) in [4.78, 5) is 28.1. The van der Waals surface area contributed by atoms with Gasteiger partial charge in [0.2, 0.25) is 5.91 Å². The minimum atomic E-state index is -0.590. The molecule has 6 heteroatoms. The van der Waals surface area contributed by atoms with Crippen LogP contribution < -0.4 is 0 Å². The molecule has 1 heterocycles. The van der Waals surface area contributed by atoms with Gasteiger partial charge in [-0.3, -0.25) is 9.69 Å². The molecule has 0 spiro atoms. The first-order chi connectivity index (χ1) is 11.2. The fraction of sp³-hybridized carbons (Fsp3) is 0.556. The lowest BCUT2D eigenvalue weighted by atomic mass is 10.1. The Morgan fingerprint density at radius 2 is 1.92 bits per heavy atom. The van der Waals surface area contributed by atoms with Crippen molar-refractivity contribution < 1.29 is 18.7 Å². The van der Waals surface area contributed by atoms with Crippen LogP contribution in [0.25, 0.3) is 0 Å². The maximum absolute atomic E-state index is 13.0. The van der Waals surface area contributed by atoms with Gasteiger partial charge in [0.25, 0.3) is 0 Å². The quantitative estimate of drug-likeness (QED) is 0.852. The van der Waals surface area contributed by atoms with Crippen LogP contribution in [0.4, 0.5) is 9.18 Å². The summed E-state index contributed by atoms with van der Waals surface area (Å²) in [5.41, 5.74) is 0.252. The minimum absolute atomic E-state index is 0.123. The lowest BCUT2D eigenvalue weighted by Crippen LogP contribution is -2.47.